The lowest BCUT2D eigenvalue weighted by molar-refractivity contribution is -0.143. The summed E-state index contributed by atoms with van der Waals surface area (Å²) in [4.78, 5) is 49.1. The van der Waals surface area contributed by atoms with Crippen molar-refractivity contribution in [3.63, 3.8) is 0 Å². The van der Waals surface area contributed by atoms with Crippen LogP contribution in [-0.4, -0.2) is 58.7 Å². The van der Waals surface area contributed by atoms with E-state index in [1.54, 1.807) is 13.8 Å². The van der Waals surface area contributed by atoms with Crippen LogP contribution in [0.2, 0.25) is 0 Å². The standard InChI is InChI=1S/C20H38N4O5S/c1-7-12(6)16(24-17(25)13(21)8-10(2)3)19(27)22-14(9-30)18(26)23-15(11(4)5)20(28)29/h10-16,30H,7-9,21H2,1-6H3,(H,22,27)(H,23,26)(H,24,25)(H,28,29). The lowest BCUT2D eigenvalue weighted by Crippen LogP contribution is -2.59. The minimum absolute atomic E-state index is 0.0317. The molecule has 6 N–H and O–H groups in total. The van der Waals surface area contributed by atoms with E-state index in [0.717, 1.165) is 0 Å². The number of carboxylic acid groups (broad SMARTS) is 1. The van der Waals surface area contributed by atoms with Gasteiger partial charge in [0.25, 0.3) is 0 Å². The summed E-state index contributed by atoms with van der Waals surface area (Å²) in [5.41, 5.74) is 5.92. The number of rotatable bonds is 13. The van der Waals surface area contributed by atoms with Crippen molar-refractivity contribution in [2.45, 2.75) is 78.6 Å². The molecule has 0 aromatic rings. The second-order valence-electron chi connectivity index (χ2n) is 8.42. The van der Waals surface area contributed by atoms with Crippen LogP contribution in [0.1, 0.15) is 54.4 Å². The smallest absolute Gasteiger partial charge is 0.326 e. The van der Waals surface area contributed by atoms with Gasteiger partial charge in [0.1, 0.15) is 18.1 Å². The summed E-state index contributed by atoms with van der Waals surface area (Å²) in [6.07, 6.45) is 1.10. The predicted octanol–water partition coefficient (Wildman–Crippen LogP) is 0.531. The van der Waals surface area contributed by atoms with E-state index in [-0.39, 0.29) is 23.5 Å². The van der Waals surface area contributed by atoms with Gasteiger partial charge in [-0.1, -0.05) is 48.0 Å². The predicted molar refractivity (Wildman–Crippen MR) is 119 cm³/mol. The summed E-state index contributed by atoms with van der Waals surface area (Å²) in [5.74, 6) is -3.13. The zero-order valence-electron chi connectivity index (χ0n) is 18.8. The van der Waals surface area contributed by atoms with Gasteiger partial charge in [0.05, 0.1) is 6.04 Å². The molecule has 0 aromatic carbocycles. The number of carbonyl (C=O) groups excluding carboxylic acids is 3. The topological polar surface area (TPSA) is 151 Å². The molecule has 0 bridgehead atoms. The summed E-state index contributed by atoms with van der Waals surface area (Å²) >= 11 is 4.11. The first-order valence-electron chi connectivity index (χ1n) is 10.4. The molecular formula is C20H38N4O5S. The van der Waals surface area contributed by atoms with Crippen molar-refractivity contribution in [3.8, 4) is 0 Å². The first-order chi connectivity index (χ1) is 13.8. The largest absolute Gasteiger partial charge is 0.480 e. The van der Waals surface area contributed by atoms with Crippen LogP contribution in [0.3, 0.4) is 0 Å². The summed E-state index contributed by atoms with van der Waals surface area (Å²) < 4.78 is 0. The molecule has 0 aromatic heterocycles. The van der Waals surface area contributed by atoms with Gasteiger partial charge in [0.15, 0.2) is 0 Å². The second-order valence-corrected chi connectivity index (χ2v) is 8.79. The zero-order chi connectivity index (χ0) is 23.6. The van der Waals surface area contributed by atoms with Crippen molar-refractivity contribution < 1.29 is 24.3 Å². The molecule has 174 valence electrons. The highest BCUT2D eigenvalue weighted by molar-refractivity contribution is 7.80. The molecule has 0 aliphatic heterocycles. The Morgan fingerprint density at radius 1 is 0.900 bits per heavy atom. The van der Waals surface area contributed by atoms with Gasteiger partial charge < -0.3 is 26.8 Å². The second kappa shape index (κ2) is 13.5. The van der Waals surface area contributed by atoms with E-state index in [0.29, 0.717) is 12.8 Å². The SMILES string of the molecule is CCC(C)C(NC(=O)C(N)CC(C)C)C(=O)NC(CS)C(=O)NC(C(=O)O)C(C)C. The van der Waals surface area contributed by atoms with Crippen LogP contribution < -0.4 is 21.7 Å². The third-order valence-electron chi connectivity index (χ3n) is 4.90. The summed E-state index contributed by atoms with van der Waals surface area (Å²) in [6, 6.07) is -3.75. The normalized spacial score (nSPS) is 16.3. The van der Waals surface area contributed by atoms with Gasteiger partial charge in [-0.25, -0.2) is 4.79 Å². The van der Waals surface area contributed by atoms with Gasteiger partial charge in [-0.3, -0.25) is 14.4 Å². The van der Waals surface area contributed by atoms with Crippen molar-refractivity contribution in [2.24, 2.45) is 23.5 Å². The molecule has 5 unspecified atom stereocenters. The number of hydrogen-bond donors (Lipinski definition) is 6. The highest BCUT2D eigenvalue weighted by atomic mass is 32.1. The van der Waals surface area contributed by atoms with Gasteiger partial charge in [-0.2, -0.15) is 12.6 Å². The van der Waals surface area contributed by atoms with Gasteiger partial charge in [-0.15, -0.1) is 0 Å². The van der Waals surface area contributed by atoms with Crippen molar-refractivity contribution in [3.05, 3.63) is 0 Å². The minimum Gasteiger partial charge on any atom is -0.480 e. The molecule has 30 heavy (non-hydrogen) atoms. The molecule has 5 atom stereocenters. The van der Waals surface area contributed by atoms with Crippen LogP contribution in [0.15, 0.2) is 0 Å². The number of hydrogen-bond acceptors (Lipinski definition) is 6. The number of aliphatic carboxylic acids is 1. The monoisotopic (exact) mass is 446 g/mol. The Morgan fingerprint density at radius 2 is 1.43 bits per heavy atom. The number of nitrogens with two attached hydrogens (primary N) is 1. The van der Waals surface area contributed by atoms with Gasteiger partial charge in [-0.05, 0) is 24.2 Å². The van der Waals surface area contributed by atoms with E-state index < -0.39 is 47.9 Å². The number of carbonyl (C=O) groups is 4. The summed E-state index contributed by atoms with van der Waals surface area (Å²) in [6.45, 7) is 10.9. The zero-order valence-corrected chi connectivity index (χ0v) is 19.7. The van der Waals surface area contributed by atoms with Crippen molar-refractivity contribution in [1.29, 1.82) is 0 Å². The molecule has 0 radical (unpaired) electrons. The fourth-order valence-electron chi connectivity index (χ4n) is 2.80. The average molecular weight is 447 g/mol. The van der Waals surface area contributed by atoms with Crippen LogP contribution in [0.25, 0.3) is 0 Å². The van der Waals surface area contributed by atoms with Gasteiger partial charge in [0, 0.05) is 5.75 Å². The molecule has 0 aliphatic rings. The maximum atomic E-state index is 12.9. The Kier molecular flexibility index (Phi) is 12.7. The molecule has 0 aliphatic carbocycles. The number of amides is 3. The molecule has 0 rings (SSSR count). The fourth-order valence-corrected chi connectivity index (χ4v) is 3.06. The fraction of sp³-hybridized carbons (Fsp3) is 0.800. The molecule has 10 heteroatoms. The number of thiol groups is 1. The Morgan fingerprint density at radius 3 is 1.83 bits per heavy atom. The summed E-state index contributed by atoms with van der Waals surface area (Å²) in [5, 5.41) is 16.9. The first kappa shape index (κ1) is 28.2. The van der Waals surface area contributed by atoms with Crippen molar-refractivity contribution in [1.82, 2.24) is 16.0 Å². The van der Waals surface area contributed by atoms with E-state index >= 15 is 0 Å². The van der Waals surface area contributed by atoms with Gasteiger partial charge >= 0.3 is 5.97 Å². The third-order valence-corrected chi connectivity index (χ3v) is 5.27. The highest BCUT2D eigenvalue weighted by Crippen LogP contribution is 2.11. The third kappa shape index (κ3) is 9.34. The molecular weight excluding hydrogens is 408 g/mol. The van der Waals surface area contributed by atoms with Crippen LogP contribution in [-0.2, 0) is 19.2 Å². The highest BCUT2D eigenvalue weighted by Gasteiger charge is 2.32. The van der Waals surface area contributed by atoms with Crippen molar-refractivity contribution in [2.75, 3.05) is 5.75 Å². The quantitative estimate of drug-likeness (QED) is 0.227. The lowest BCUT2D eigenvalue weighted by Gasteiger charge is -2.28. The Hall–Kier alpha value is -1.81. The lowest BCUT2D eigenvalue weighted by atomic mass is 9.96. The van der Waals surface area contributed by atoms with E-state index in [1.807, 2.05) is 27.7 Å². The van der Waals surface area contributed by atoms with Crippen molar-refractivity contribution >= 4 is 36.3 Å². The molecule has 0 fully saturated rings. The minimum atomic E-state index is -1.16. The molecule has 3 amide bonds. The Labute approximate surface area is 184 Å². The van der Waals surface area contributed by atoms with E-state index in [4.69, 9.17) is 5.73 Å². The maximum Gasteiger partial charge on any atom is 0.326 e. The Balaban J connectivity index is 5.28. The first-order valence-corrected chi connectivity index (χ1v) is 11.0. The van der Waals surface area contributed by atoms with Crippen LogP contribution >= 0.6 is 12.6 Å². The van der Waals surface area contributed by atoms with Gasteiger partial charge in [0.2, 0.25) is 17.7 Å². The molecule has 0 saturated carbocycles. The van der Waals surface area contributed by atoms with Crippen LogP contribution in [0.4, 0.5) is 0 Å². The molecule has 0 spiro atoms. The van der Waals surface area contributed by atoms with E-state index in [1.165, 1.54) is 0 Å². The maximum absolute atomic E-state index is 12.9. The molecule has 9 nitrogen and oxygen atoms in total. The van der Waals surface area contributed by atoms with E-state index in [2.05, 4.69) is 28.6 Å². The number of nitrogens with one attached hydrogen (secondary N) is 3. The molecule has 0 heterocycles. The van der Waals surface area contributed by atoms with Crippen LogP contribution in [0, 0.1) is 17.8 Å². The van der Waals surface area contributed by atoms with Crippen LogP contribution in [0.5, 0.6) is 0 Å². The Bertz CT molecular complexity index is 600. The summed E-state index contributed by atoms with van der Waals surface area (Å²) in [7, 11) is 0. The number of carboxylic acids is 1. The van der Waals surface area contributed by atoms with E-state index in [9.17, 15) is 24.3 Å². The molecule has 0 saturated heterocycles. The average Bonchev–Trinajstić information content (AvgIpc) is 2.65.